The fraction of sp³-hybridized carbons (Fsp3) is 0. The summed E-state index contributed by atoms with van der Waals surface area (Å²) in [5.41, 5.74) is -0.0196. The third-order valence-electron chi connectivity index (χ3n) is 1.67. The molecule has 1 heterocycles. The minimum atomic E-state index is -0.671. The van der Waals surface area contributed by atoms with Crippen molar-refractivity contribution in [1.82, 2.24) is 9.71 Å². The molecular weight excluding hydrogens is 192 g/mol. The van der Waals surface area contributed by atoms with Crippen LogP contribution in [0.4, 0.5) is 0 Å². The summed E-state index contributed by atoms with van der Waals surface area (Å²) in [6, 6.07) is 4.54. The van der Waals surface area contributed by atoms with Crippen LogP contribution in [0.5, 0.6) is 0 Å². The largest absolute Gasteiger partial charge is 0.803 e. The number of nitrogens with zero attached hydrogens (tertiary/aromatic N) is 2. The van der Waals surface area contributed by atoms with Gasteiger partial charge in [0.25, 0.3) is 5.56 Å². The van der Waals surface area contributed by atoms with Crippen LogP contribution in [0.3, 0.4) is 0 Å². The van der Waals surface area contributed by atoms with Gasteiger partial charge in [-0.2, -0.15) is 0 Å². The van der Waals surface area contributed by atoms with Crippen LogP contribution >= 0.6 is 11.6 Å². The molecule has 1 aromatic carbocycles. The molecule has 0 amide bonds. The maximum atomic E-state index is 11.2. The lowest BCUT2D eigenvalue weighted by molar-refractivity contribution is 1.03. The summed E-state index contributed by atoms with van der Waals surface area (Å²) in [6.45, 7) is 0. The van der Waals surface area contributed by atoms with E-state index in [0.717, 1.165) is 6.20 Å². The van der Waals surface area contributed by atoms with Gasteiger partial charge >= 0.3 is 0 Å². The number of hydrogen-bond donors (Lipinski definition) is 0. The van der Waals surface area contributed by atoms with E-state index < -0.39 is 5.56 Å². The monoisotopic (exact) mass is 195 g/mol. The molecule has 0 aliphatic carbocycles. The molecule has 0 radical (unpaired) electrons. The lowest BCUT2D eigenvalue weighted by Crippen LogP contribution is -2.15. The summed E-state index contributed by atoms with van der Waals surface area (Å²) in [4.78, 5) is 14.7. The maximum absolute atomic E-state index is 11.2. The van der Waals surface area contributed by atoms with Crippen LogP contribution in [0.1, 0.15) is 0 Å². The van der Waals surface area contributed by atoms with E-state index in [-0.39, 0.29) is 5.52 Å². The molecule has 0 spiro atoms. The van der Waals surface area contributed by atoms with E-state index in [1.807, 2.05) is 0 Å². The van der Waals surface area contributed by atoms with E-state index in [0.29, 0.717) is 15.3 Å². The zero-order valence-electron chi connectivity index (χ0n) is 6.40. The second-order valence-corrected chi connectivity index (χ2v) is 2.96. The molecule has 0 fully saturated rings. The Morgan fingerprint density at radius 2 is 2.23 bits per heavy atom. The van der Waals surface area contributed by atoms with Gasteiger partial charge in [0.05, 0.1) is 17.2 Å². The average Bonchev–Trinajstić information content (AvgIpc) is 2.12. The van der Waals surface area contributed by atoms with Gasteiger partial charge < -0.3 is 9.94 Å². The minimum Gasteiger partial charge on any atom is -0.803 e. The second kappa shape index (κ2) is 2.74. The van der Waals surface area contributed by atoms with Crippen LogP contribution in [-0.4, -0.2) is 9.71 Å². The van der Waals surface area contributed by atoms with Crippen LogP contribution in [0, 0.1) is 5.21 Å². The van der Waals surface area contributed by atoms with E-state index in [1.54, 1.807) is 6.07 Å². The van der Waals surface area contributed by atoms with Crippen molar-refractivity contribution in [2.45, 2.75) is 0 Å². The Hall–Kier alpha value is -1.55. The molecule has 0 aliphatic rings. The smallest absolute Gasteiger partial charge is 0.264 e. The quantitative estimate of drug-likeness (QED) is 0.638. The Labute approximate surface area is 78.0 Å². The van der Waals surface area contributed by atoms with Gasteiger partial charge in [-0.05, 0) is 18.2 Å². The highest BCUT2D eigenvalue weighted by Crippen LogP contribution is 2.15. The molecular formula is C8H4ClN2O2-. The van der Waals surface area contributed by atoms with Gasteiger partial charge in [-0.3, -0.25) is 4.79 Å². The number of halogens is 1. The molecule has 2 aromatic rings. The van der Waals surface area contributed by atoms with Crippen molar-refractivity contribution in [3.8, 4) is 0 Å². The molecule has 4 nitrogen and oxygen atoms in total. The molecule has 1 aromatic heterocycles. The molecule has 0 bridgehead atoms. The number of fused-ring (bicyclic) bond motifs is 1. The first-order chi connectivity index (χ1) is 6.18. The lowest BCUT2D eigenvalue weighted by Gasteiger charge is -2.11. The highest BCUT2D eigenvalue weighted by molar-refractivity contribution is 6.31. The first-order valence-corrected chi connectivity index (χ1v) is 3.91. The van der Waals surface area contributed by atoms with E-state index in [9.17, 15) is 10.0 Å². The molecule has 66 valence electrons. The number of aromatic nitrogens is 2. The van der Waals surface area contributed by atoms with Crippen molar-refractivity contribution in [1.29, 1.82) is 0 Å². The third kappa shape index (κ3) is 1.25. The van der Waals surface area contributed by atoms with Gasteiger partial charge in [0.1, 0.15) is 0 Å². The van der Waals surface area contributed by atoms with Gasteiger partial charge in [-0.1, -0.05) is 11.6 Å². The van der Waals surface area contributed by atoms with E-state index in [2.05, 4.69) is 4.98 Å². The molecule has 5 heteroatoms. The minimum absolute atomic E-state index is 0.233. The van der Waals surface area contributed by atoms with Gasteiger partial charge in [0, 0.05) is 5.02 Å². The second-order valence-electron chi connectivity index (χ2n) is 2.52. The number of hydrogen-bond acceptors (Lipinski definition) is 3. The zero-order valence-corrected chi connectivity index (χ0v) is 7.15. The maximum Gasteiger partial charge on any atom is 0.264 e. The van der Waals surface area contributed by atoms with Crippen molar-refractivity contribution in [3.63, 3.8) is 0 Å². The van der Waals surface area contributed by atoms with Crippen molar-refractivity contribution < 1.29 is 0 Å². The molecule has 0 unspecified atom stereocenters. The average molecular weight is 196 g/mol. The Kier molecular flexibility index (Phi) is 1.70. The fourth-order valence-corrected chi connectivity index (χ4v) is 1.23. The summed E-state index contributed by atoms with van der Waals surface area (Å²) >= 11 is 5.68. The third-order valence-corrected chi connectivity index (χ3v) is 1.91. The summed E-state index contributed by atoms with van der Waals surface area (Å²) in [7, 11) is 0. The van der Waals surface area contributed by atoms with E-state index >= 15 is 0 Å². The fourth-order valence-electron chi connectivity index (χ4n) is 1.07. The van der Waals surface area contributed by atoms with Gasteiger partial charge in [-0.25, -0.2) is 4.98 Å². The number of rotatable bonds is 0. The number of benzene rings is 1. The predicted octanol–water partition coefficient (Wildman–Crippen LogP) is 1.40. The van der Waals surface area contributed by atoms with Gasteiger partial charge in [0.2, 0.25) is 0 Å². The first kappa shape index (κ1) is 8.07. The van der Waals surface area contributed by atoms with Crippen LogP contribution < -0.4 is 5.56 Å². The normalized spacial score (nSPS) is 10.5. The van der Waals surface area contributed by atoms with Gasteiger partial charge in [0.15, 0.2) is 0 Å². The van der Waals surface area contributed by atoms with Crippen LogP contribution in [0.25, 0.3) is 11.0 Å². The zero-order chi connectivity index (χ0) is 9.42. The molecule has 0 saturated heterocycles. The molecule has 0 saturated carbocycles. The Balaban J connectivity index is 2.95. The van der Waals surface area contributed by atoms with Crippen LogP contribution in [0.2, 0.25) is 5.02 Å². The summed E-state index contributed by atoms with van der Waals surface area (Å²) in [6.07, 6.45) is 0.978. The Bertz CT molecular complexity index is 521. The standard InChI is InChI=1S/C8H4ClN2O2/c9-5-1-2-7-6(3-5)10-4-8(12)11(7)13/h1-4H/q-1. The van der Waals surface area contributed by atoms with E-state index in [4.69, 9.17) is 11.6 Å². The first-order valence-electron chi connectivity index (χ1n) is 3.53. The SMILES string of the molecule is O=c1cnc2cc(Cl)ccc2n1[O-]. The highest BCUT2D eigenvalue weighted by Gasteiger charge is 1.97. The molecule has 0 atom stereocenters. The van der Waals surface area contributed by atoms with Gasteiger partial charge in [-0.15, -0.1) is 0 Å². The molecule has 0 aliphatic heterocycles. The van der Waals surface area contributed by atoms with Crippen molar-refractivity contribution in [2.75, 3.05) is 0 Å². The Morgan fingerprint density at radius 3 is 3.00 bits per heavy atom. The molecule has 2 rings (SSSR count). The highest BCUT2D eigenvalue weighted by atomic mass is 35.5. The predicted molar refractivity (Wildman–Crippen MR) is 49.8 cm³/mol. The van der Waals surface area contributed by atoms with Crippen LogP contribution in [0.15, 0.2) is 29.2 Å². The summed E-state index contributed by atoms with van der Waals surface area (Å²) in [5, 5.41) is 11.6. The van der Waals surface area contributed by atoms with E-state index in [1.165, 1.54) is 12.1 Å². The molecule has 13 heavy (non-hydrogen) atoms. The van der Waals surface area contributed by atoms with Crippen molar-refractivity contribution in [3.05, 3.63) is 45.0 Å². The summed E-state index contributed by atoms with van der Waals surface area (Å²) < 4.78 is 0.290. The van der Waals surface area contributed by atoms with Crippen LogP contribution in [-0.2, 0) is 0 Å². The molecule has 0 N–H and O–H groups in total. The lowest BCUT2D eigenvalue weighted by atomic mass is 10.3. The van der Waals surface area contributed by atoms with Crippen molar-refractivity contribution >= 4 is 22.6 Å². The Morgan fingerprint density at radius 1 is 1.46 bits per heavy atom. The topological polar surface area (TPSA) is 58.0 Å². The summed E-state index contributed by atoms with van der Waals surface area (Å²) in [5.74, 6) is 0. The van der Waals surface area contributed by atoms with Crippen molar-refractivity contribution in [2.24, 2.45) is 0 Å².